The van der Waals surface area contributed by atoms with Crippen LogP contribution in [0, 0.1) is 5.92 Å². The number of methoxy groups -OCH3 is 1. The summed E-state index contributed by atoms with van der Waals surface area (Å²) < 4.78 is 6.88. The van der Waals surface area contributed by atoms with Crippen molar-refractivity contribution in [2.24, 2.45) is 5.92 Å². The molecule has 36 heavy (non-hydrogen) atoms. The second kappa shape index (κ2) is 10.6. The van der Waals surface area contributed by atoms with Gasteiger partial charge in [-0.15, -0.1) is 0 Å². The van der Waals surface area contributed by atoms with Crippen molar-refractivity contribution in [2.45, 2.75) is 25.9 Å². The van der Waals surface area contributed by atoms with Crippen LogP contribution in [0.1, 0.15) is 24.0 Å². The fourth-order valence-electron chi connectivity index (χ4n) is 4.61. The minimum absolute atomic E-state index is 0.0441. The highest BCUT2D eigenvalue weighted by atomic mass is 16.5. The zero-order valence-corrected chi connectivity index (χ0v) is 20.3. The summed E-state index contributed by atoms with van der Waals surface area (Å²) in [5.74, 6) is 1.16. The molecular formula is C28H29N5O3. The van der Waals surface area contributed by atoms with E-state index in [0.717, 1.165) is 16.9 Å². The molecule has 0 unspecified atom stereocenters. The highest BCUT2D eigenvalue weighted by Crippen LogP contribution is 2.22. The van der Waals surface area contributed by atoms with Crippen molar-refractivity contribution >= 4 is 22.9 Å². The third kappa shape index (κ3) is 5.07. The molecule has 1 amide bonds. The number of hydrogen-bond donors (Lipinski definition) is 1. The number of amides is 1. The Morgan fingerprint density at radius 2 is 1.75 bits per heavy atom. The fourth-order valence-corrected chi connectivity index (χ4v) is 4.61. The number of anilines is 1. The van der Waals surface area contributed by atoms with Crippen LogP contribution in [0.5, 0.6) is 5.75 Å². The number of nitrogens with zero attached hydrogens (tertiary/aromatic N) is 4. The van der Waals surface area contributed by atoms with E-state index >= 15 is 0 Å². The molecule has 0 bridgehead atoms. The molecule has 1 fully saturated rings. The zero-order valence-electron chi connectivity index (χ0n) is 20.3. The summed E-state index contributed by atoms with van der Waals surface area (Å²) in [4.78, 5) is 37.5. The first-order valence-electron chi connectivity index (χ1n) is 12.2. The second-order valence-electron chi connectivity index (χ2n) is 8.99. The molecule has 0 atom stereocenters. The smallest absolute Gasteiger partial charge is 0.295 e. The van der Waals surface area contributed by atoms with Crippen LogP contribution in [0.25, 0.3) is 11.2 Å². The molecule has 0 saturated carbocycles. The van der Waals surface area contributed by atoms with E-state index in [0.29, 0.717) is 56.0 Å². The second-order valence-corrected chi connectivity index (χ2v) is 8.99. The number of hydrogen-bond acceptors (Lipinski definition) is 6. The molecule has 1 aliphatic heterocycles. The average Bonchev–Trinajstić information content (AvgIpc) is 2.94. The lowest BCUT2D eigenvalue weighted by molar-refractivity contribution is -0.125. The minimum Gasteiger partial charge on any atom is -0.497 e. The molecule has 4 aromatic rings. The Morgan fingerprint density at radius 1 is 1.00 bits per heavy atom. The zero-order chi connectivity index (χ0) is 24.9. The standard InChI is InChI=1S/C28H29N5O3/c1-36-23-11-9-20(10-12-23)18-30-27(34)22-13-16-32(17-14-22)26-28(35)33(19-21-6-3-2-4-7-21)25-24(31-26)8-5-15-29-25/h2-12,15,22H,13-14,16-19H2,1H3,(H,30,34). The van der Waals surface area contributed by atoms with E-state index in [1.807, 2.05) is 71.6 Å². The molecule has 0 spiro atoms. The molecule has 2 aromatic heterocycles. The van der Waals surface area contributed by atoms with Crippen molar-refractivity contribution in [3.8, 4) is 5.75 Å². The molecule has 2 aromatic carbocycles. The molecule has 1 N–H and O–H groups in total. The third-order valence-corrected chi connectivity index (χ3v) is 6.66. The Morgan fingerprint density at radius 3 is 2.47 bits per heavy atom. The highest BCUT2D eigenvalue weighted by molar-refractivity contribution is 5.79. The van der Waals surface area contributed by atoms with E-state index in [1.165, 1.54) is 0 Å². The number of piperidine rings is 1. The van der Waals surface area contributed by atoms with Gasteiger partial charge in [-0.3, -0.25) is 14.2 Å². The first kappa shape index (κ1) is 23.5. The fraction of sp³-hybridized carbons (Fsp3) is 0.286. The first-order chi connectivity index (χ1) is 17.6. The third-order valence-electron chi connectivity index (χ3n) is 6.66. The number of carbonyl (C=O) groups is 1. The summed E-state index contributed by atoms with van der Waals surface area (Å²) in [6, 6.07) is 21.2. The van der Waals surface area contributed by atoms with Crippen LogP contribution in [-0.2, 0) is 17.9 Å². The van der Waals surface area contributed by atoms with Gasteiger partial charge in [0.05, 0.1) is 13.7 Å². The summed E-state index contributed by atoms with van der Waals surface area (Å²) in [7, 11) is 1.63. The predicted octanol–water partition coefficient (Wildman–Crippen LogP) is 3.38. The number of aromatic nitrogens is 3. The van der Waals surface area contributed by atoms with Gasteiger partial charge in [0.2, 0.25) is 5.91 Å². The lowest BCUT2D eigenvalue weighted by atomic mass is 9.96. The number of nitrogens with one attached hydrogen (secondary N) is 1. The van der Waals surface area contributed by atoms with Gasteiger partial charge in [0.25, 0.3) is 5.56 Å². The van der Waals surface area contributed by atoms with Gasteiger partial charge in [-0.2, -0.15) is 0 Å². The van der Waals surface area contributed by atoms with Crippen molar-refractivity contribution in [3.05, 3.63) is 94.4 Å². The van der Waals surface area contributed by atoms with Gasteiger partial charge in [0, 0.05) is 31.7 Å². The van der Waals surface area contributed by atoms with Gasteiger partial charge in [-0.05, 0) is 48.2 Å². The Balaban J connectivity index is 1.28. The van der Waals surface area contributed by atoms with E-state index < -0.39 is 0 Å². The molecule has 184 valence electrons. The van der Waals surface area contributed by atoms with E-state index in [2.05, 4.69) is 15.3 Å². The summed E-state index contributed by atoms with van der Waals surface area (Å²) >= 11 is 0. The number of pyridine rings is 1. The van der Waals surface area contributed by atoms with Crippen LogP contribution in [0.4, 0.5) is 5.82 Å². The summed E-state index contributed by atoms with van der Waals surface area (Å²) in [6.07, 6.45) is 3.01. The van der Waals surface area contributed by atoms with Crippen LogP contribution in [0.15, 0.2) is 77.7 Å². The van der Waals surface area contributed by atoms with Gasteiger partial charge >= 0.3 is 0 Å². The lowest BCUT2D eigenvalue weighted by Gasteiger charge is -2.32. The van der Waals surface area contributed by atoms with Crippen molar-refractivity contribution in [1.82, 2.24) is 19.9 Å². The number of rotatable bonds is 7. The van der Waals surface area contributed by atoms with Gasteiger partial charge in [0.15, 0.2) is 11.5 Å². The largest absolute Gasteiger partial charge is 0.497 e. The van der Waals surface area contributed by atoms with Crippen molar-refractivity contribution in [3.63, 3.8) is 0 Å². The Bertz CT molecular complexity index is 1390. The van der Waals surface area contributed by atoms with E-state index in [1.54, 1.807) is 17.9 Å². The maximum atomic E-state index is 13.5. The Kier molecular flexibility index (Phi) is 6.93. The molecule has 8 heteroatoms. The Hall–Kier alpha value is -4.20. The number of ether oxygens (including phenoxy) is 1. The first-order valence-corrected chi connectivity index (χ1v) is 12.2. The highest BCUT2D eigenvalue weighted by Gasteiger charge is 2.27. The van der Waals surface area contributed by atoms with Crippen molar-refractivity contribution in [1.29, 1.82) is 0 Å². The molecule has 1 aliphatic rings. The van der Waals surface area contributed by atoms with Crippen LogP contribution >= 0.6 is 0 Å². The molecule has 0 radical (unpaired) electrons. The van der Waals surface area contributed by atoms with Crippen LogP contribution < -0.4 is 20.5 Å². The number of fused-ring (bicyclic) bond motifs is 1. The molecule has 1 saturated heterocycles. The molecule has 3 heterocycles. The van der Waals surface area contributed by atoms with Gasteiger partial charge < -0.3 is 15.0 Å². The topological polar surface area (TPSA) is 89.3 Å². The van der Waals surface area contributed by atoms with Crippen molar-refractivity contribution in [2.75, 3.05) is 25.1 Å². The maximum absolute atomic E-state index is 13.5. The normalized spacial score (nSPS) is 14.1. The van der Waals surface area contributed by atoms with E-state index in [-0.39, 0.29) is 17.4 Å². The monoisotopic (exact) mass is 483 g/mol. The SMILES string of the molecule is COc1ccc(CNC(=O)C2CCN(c3nc4cccnc4n(Cc4ccccc4)c3=O)CC2)cc1. The van der Waals surface area contributed by atoms with Crippen LogP contribution in [-0.4, -0.2) is 40.6 Å². The summed E-state index contributed by atoms with van der Waals surface area (Å²) in [6.45, 7) is 2.10. The van der Waals surface area contributed by atoms with Gasteiger partial charge in [-0.25, -0.2) is 9.97 Å². The van der Waals surface area contributed by atoms with Gasteiger partial charge in [0.1, 0.15) is 11.3 Å². The molecule has 0 aliphatic carbocycles. The lowest BCUT2D eigenvalue weighted by Crippen LogP contribution is -2.43. The molecule has 5 rings (SSSR count). The summed E-state index contributed by atoms with van der Waals surface area (Å²) in [5, 5.41) is 3.04. The maximum Gasteiger partial charge on any atom is 0.295 e. The summed E-state index contributed by atoms with van der Waals surface area (Å²) in [5.41, 5.74) is 3.14. The van der Waals surface area contributed by atoms with Gasteiger partial charge in [-0.1, -0.05) is 42.5 Å². The molecular weight excluding hydrogens is 454 g/mol. The number of carbonyl (C=O) groups excluding carboxylic acids is 1. The van der Waals surface area contributed by atoms with E-state index in [4.69, 9.17) is 4.74 Å². The van der Waals surface area contributed by atoms with Crippen molar-refractivity contribution < 1.29 is 9.53 Å². The minimum atomic E-state index is -0.160. The predicted molar refractivity (Wildman–Crippen MR) is 139 cm³/mol. The number of benzene rings is 2. The molecule has 8 nitrogen and oxygen atoms in total. The van der Waals surface area contributed by atoms with Crippen LogP contribution in [0.2, 0.25) is 0 Å². The average molecular weight is 484 g/mol. The quantitative estimate of drug-likeness (QED) is 0.434. The van der Waals surface area contributed by atoms with Crippen LogP contribution in [0.3, 0.4) is 0 Å². The Labute approximate surface area is 209 Å². The van der Waals surface area contributed by atoms with E-state index in [9.17, 15) is 9.59 Å².